The van der Waals surface area contributed by atoms with Gasteiger partial charge in [0.25, 0.3) is 0 Å². The summed E-state index contributed by atoms with van der Waals surface area (Å²) in [6.07, 6.45) is 2.64. The normalized spacial score (nSPS) is 20.7. The molecule has 1 heterocycles. The summed E-state index contributed by atoms with van der Waals surface area (Å²) in [4.78, 5) is 2.55. The number of aryl methyl sites for hydroxylation is 1. The van der Waals surface area contributed by atoms with Crippen LogP contribution in [0.15, 0.2) is 18.2 Å². The van der Waals surface area contributed by atoms with E-state index in [0.29, 0.717) is 6.04 Å². The van der Waals surface area contributed by atoms with E-state index in [4.69, 9.17) is 5.73 Å². The maximum Gasteiger partial charge on any atom is 0.0391 e. The molecule has 1 aromatic rings. The third-order valence-corrected chi connectivity index (χ3v) is 3.70. The van der Waals surface area contributed by atoms with Crippen molar-refractivity contribution in [2.75, 3.05) is 30.7 Å². The highest BCUT2D eigenvalue weighted by Crippen LogP contribution is 2.21. The van der Waals surface area contributed by atoms with E-state index < -0.39 is 0 Å². The first-order valence-electron chi connectivity index (χ1n) is 6.54. The van der Waals surface area contributed by atoms with E-state index in [1.165, 1.54) is 30.6 Å². The molecule has 0 aromatic heterocycles. The van der Waals surface area contributed by atoms with Crippen molar-refractivity contribution < 1.29 is 0 Å². The van der Waals surface area contributed by atoms with E-state index in [9.17, 15) is 0 Å². The van der Waals surface area contributed by atoms with Gasteiger partial charge in [0, 0.05) is 24.0 Å². The largest absolute Gasteiger partial charge is 0.399 e. The van der Waals surface area contributed by atoms with Gasteiger partial charge in [0.1, 0.15) is 0 Å². The summed E-state index contributed by atoms with van der Waals surface area (Å²) < 4.78 is 0. The molecule has 2 rings (SSSR count). The van der Waals surface area contributed by atoms with Crippen molar-refractivity contribution in [3.63, 3.8) is 0 Å². The number of hydrogen-bond acceptors (Lipinski definition) is 3. The SMILES string of the molecule is CCN1CCCC1CNc1cc(N)ccc1C. The molecule has 94 valence electrons. The van der Waals surface area contributed by atoms with Crippen LogP contribution in [0, 0.1) is 6.92 Å². The summed E-state index contributed by atoms with van der Waals surface area (Å²) in [7, 11) is 0. The monoisotopic (exact) mass is 233 g/mol. The Bertz CT molecular complexity index is 376. The van der Waals surface area contributed by atoms with Crippen LogP contribution < -0.4 is 11.1 Å². The van der Waals surface area contributed by atoms with Crippen molar-refractivity contribution >= 4 is 11.4 Å². The summed E-state index contributed by atoms with van der Waals surface area (Å²) in [6.45, 7) is 7.79. The second-order valence-electron chi connectivity index (χ2n) is 4.88. The summed E-state index contributed by atoms with van der Waals surface area (Å²) in [5.41, 5.74) is 9.08. The van der Waals surface area contributed by atoms with Crippen LogP contribution in [0.1, 0.15) is 25.3 Å². The van der Waals surface area contributed by atoms with Gasteiger partial charge in [-0.05, 0) is 50.6 Å². The number of nitrogens with one attached hydrogen (secondary N) is 1. The smallest absolute Gasteiger partial charge is 0.0391 e. The summed E-state index contributed by atoms with van der Waals surface area (Å²) >= 11 is 0. The lowest BCUT2D eigenvalue weighted by Gasteiger charge is -2.23. The third-order valence-electron chi connectivity index (χ3n) is 3.70. The van der Waals surface area contributed by atoms with E-state index in [1.807, 2.05) is 12.1 Å². The number of hydrogen-bond donors (Lipinski definition) is 2. The highest BCUT2D eigenvalue weighted by Gasteiger charge is 2.22. The zero-order valence-electron chi connectivity index (χ0n) is 10.9. The minimum atomic E-state index is 0.681. The van der Waals surface area contributed by atoms with Gasteiger partial charge in [-0.3, -0.25) is 4.90 Å². The predicted molar refractivity (Wildman–Crippen MR) is 74.4 cm³/mol. The molecule has 1 fully saturated rings. The van der Waals surface area contributed by atoms with Crippen LogP contribution in [0.4, 0.5) is 11.4 Å². The van der Waals surface area contributed by atoms with E-state index in [0.717, 1.165) is 18.8 Å². The first kappa shape index (κ1) is 12.2. The van der Waals surface area contributed by atoms with Gasteiger partial charge in [0.05, 0.1) is 0 Å². The predicted octanol–water partition coefficient (Wildman–Crippen LogP) is 2.47. The van der Waals surface area contributed by atoms with Crippen LogP contribution in [0.2, 0.25) is 0 Å². The number of nitrogens with two attached hydrogens (primary N) is 1. The molecule has 3 heteroatoms. The molecule has 0 bridgehead atoms. The van der Waals surface area contributed by atoms with E-state index in [1.54, 1.807) is 0 Å². The zero-order valence-corrected chi connectivity index (χ0v) is 10.9. The van der Waals surface area contributed by atoms with Gasteiger partial charge in [-0.1, -0.05) is 13.0 Å². The molecule has 1 aliphatic heterocycles. The number of nitrogen functional groups attached to an aromatic ring is 1. The van der Waals surface area contributed by atoms with Gasteiger partial charge in [0.2, 0.25) is 0 Å². The highest BCUT2D eigenvalue weighted by atomic mass is 15.2. The highest BCUT2D eigenvalue weighted by molar-refractivity contribution is 5.59. The molecule has 1 atom stereocenters. The maximum atomic E-state index is 5.81. The molecule has 1 aromatic carbocycles. The fraction of sp³-hybridized carbons (Fsp3) is 0.571. The van der Waals surface area contributed by atoms with E-state index >= 15 is 0 Å². The molecule has 3 nitrogen and oxygen atoms in total. The first-order chi connectivity index (χ1) is 8.20. The molecule has 0 amide bonds. The average molecular weight is 233 g/mol. The minimum Gasteiger partial charge on any atom is -0.399 e. The Morgan fingerprint density at radius 1 is 1.47 bits per heavy atom. The van der Waals surface area contributed by atoms with Gasteiger partial charge in [-0.2, -0.15) is 0 Å². The molecular formula is C14H23N3. The van der Waals surface area contributed by atoms with Crippen molar-refractivity contribution in [3.8, 4) is 0 Å². The quantitative estimate of drug-likeness (QED) is 0.785. The van der Waals surface area contributed by atoms with Crippen LogP contribution in [0.3, 0.4) is 0 Å². The molecule has 0 saturated carbocycles. The van der Waals surface area contributed by atoms with Crippen LogP contribution in [-0.4, -0.2) is 30.6 Å². The van der Waals surface area contributed by atoms with Crippen LogP contribution >= 0.6 is 0 Å². The molecule has 0 spiro atoms. The third kappa shape index (κ3) is 2.91. The lowest BCUT2D eigenvalue weighted by molar-refractivity contribution is 0.277. The van der Waals surface area contributed by atoms with Crippen molar-refractivity contribution in [2.45, 2.75) is 32.7 Å². The number of likely N-dealkylation sites (tertiary alicyclic amines) is 1. The van der Waals surface area contributed by atoms with E-state index in [-0.39, 0.29) is 0 Å². The molecule has 1 saturated heterocycles. The lowest BCUT2D eigenvalue weighted by atomic mass is 10.1. The fourth-order valence-corrected chi connectivity index (χ4v) is 2.60. The van der Waals surface area contributed by atoms with Crippen LogP contribution in [0.25, 0.3) is 0 Å². The number of likely N-dealkylation sites (N-methyl/N-ethyl adjacent to an activating group) is 1. The Labute approximate surface area is 104 Å². The maximum absolute atomic E-state index is 5.81. The van der Waals surface area contributed by atoms with Crippen LogP contribution in [-0.2, 0) is 0 Å². The fourth-order valence-electron chi connectivity index (χ4n) is 2.60. The lowest BCUT2D eigenvalue weighted by Crippen LogP contribution is -2.34. The average Bonchev–Trinajstić information content (AvgIpc) is 2.77. The van der Waals surface area contributed by atoms with Crippen molar-refractivity contribution in [1.82, 2.24) is 4.90 Å². The van der Waals surface area contributed by atoms with Crippen molar-refractivity contribution in [2.24, 2.45) is 0 Å². The molecule has 17 heavy (non-hydrogen) atoms. The van der Waals surface area contributed by atoms with Gasteiger partial charge in [-0.25, -0.2) is 0 Å². The zero-order chi connectivity index (χ0) is 12.3. The number of benzene rings is 1. The van der Waals surface area contributed by atoms with Crippen molar-refractivity contribution in [3.05, 3.63) is 23.8 Å². The summed E-state index contributed by atoms with van der Waals surface area (Å²) in [5, 5.41) is 3.54. The molecule has 0 aliphatic carbocycles. The Morgan fingerprint density at radius 3 is 3.06 bits per heavy atom. The Balaban J connectivity index is 1.95. The standard InChI is InChI=1S/C14H23N3/c1-3-17-8-4-5-13(17)10-16-14-9-12(15)7-6-11(14)2/h6-7,9,13,16H,3-5,8,10,15H2,1-2H3. The van der Waals surface area contributed by atoms with Crippen LogP contribution in [0.5, 0.6) is 0 Å². The van der Waals surface area contributed by atoms with Crippen molar-refractivity contribution in [1.29, 1.82) is 0 Å². The number of anilines is 2. The molecular weight excluding hydrogens is 210 g/mol. The summed E-state index contributed by atoms with van der Waals surface area (Å²) in [6, 6.07) is 6.74. The minimum absolute atomic E-state index is 0.681. The second kappa shape index (κ2) is 5.41. The van der Waals surface area contributed by atoms with Gasteiger partial charge in [0.15, 0.2) is 0 Å². The number of rotatable bonds is 4. The molecule has 0 radical (unpaired) electrons. The van der Waals surface area contributed by atoms with Gasteiger partial charge in [-0.15, -0.1) is 0 Å². The second-order valence-corrected chi connectivity index (χ2v) is 4.88. The molecule has 1 aliphatic rings. The summed E-state index contributed by atoms with van der Waals surface area (Å²) in [5.74, 6) is 0. The van der Waals surface area contributed by atoms with Gasteiger partial charge >= 0.3 is 0 Å². The topological polar surface area (TPSA) is 41.3 Å². The van der Waals surface area contributed by atoms with Gasteiger partial charge < -0.3 is 11.1 Å². The van der Waals surface area contributed by atoms with E-state index in [2.05, 4.69) is 30.1 Å². The Kier molecular flexibility index (Phi) is 3.89. The Morgan fingerprint density at radius 2 is 2.29 bits per heavy atom. The number of nitrogens with zero attached hydrogens (tertiary/aromatic N) is 1. The first-order valence-corrected chi connectivity index (χ1v) is 6.54. The Hall–Kier alpha value is -1.22. The molecule has 1 unspecified atom stereocenters. The molecule has 3 N–H and O–H groups in total.